The normalized spacial score (nSPS) is 25.9. The van der Waals surface area contributed by atoms with Crippen molar-refractivity contribution in [2.45, 2.75) is 43.0 Å². The number of thioether (sulfide) groups is 1. The van der Waals surface area contributed by atoms with Crippen molar-refractivity contribution in [2.24, 2.45) is 26.9 Å². The molecule has 38 heavy (non-hydrogen) atoms. The molecule has 0 aromatic heterocycles. The number of hydrogen-bond acceptors (Lipinski definition) is 9. The van der Waals surface area contributed by atoms with Gasteiger partial charge in [-0.15, -0.1) is 5.11 Å². The summed E-state index contributed by atoms with van der Waals surface area (Å²) >= 11 is 1.20. The number of nitrogens with zero attached hydrogens (tertiary/aromatic N) is 4. The number of allylic oxidation sites excluding steroid dienone is 3. The Bertz CT molecular complexity index is 1330. The lowest BCUT2D eigenvalue weighted by molar-refractivity contribution is -0.126. The van der Waals surface area contributed by atoms with Gasteiger partial charge in [-0.05, 0) is 42.7 Å². The highest BCUT2D eigenvalue weighted by molar-refractivity contribution is 8.22. The molecule has 0 aliphatic carbocycles. The number of aliphatic imine (C=N–C) groups is 1. The van der Waals surface area contributed by atoms with Gasteiger partial charge in [0, 0.05) is 18.8 Å². The maximum atomic E-state index is 13.7. The highest BCUT2D eigenvalue weighted by Crippen LogP contribution is 2.52. The summed E-state index contributed by atoms with van der Waals surface area (Å²) in [5.41, 5.74) is 6.16. The summed E-state index contributed by atoms with van der Waals surface area (Å²) in [4.78, 5) is 42.3. The minimum atomic E-state index is -0.874. The van der Waals surface area contributed by atoms with Crippen molar-refractivity contribution >= 4 is 51.0 Å². The predicted molar refractivity (Wildman–Crippen MR) is 150 cm³/mol. The molecule has 4 heterocycles. The van der Waals surface area contributed by atoms with E-state index in [0.29, 0.717) is 27.6 Å². The molecule has 4 aliphatic rings. The van der Waals surface area contributed by atoms with Gasteiger partial charge in [-0.25, -0.2) is 0 Å². The molecular formula is C25H28N8O3S2. The lowest BCUT2D eigenvalue weighted by Gasteiger charge is -2.30. The highest BCUT2D eigenvalue weighted by atomic mass is 32.2. The molecule has 0 radical (unpaired) electrons. The maximum Gasteiger partial charge on any atom is 0.258 e. The van der Waals surface area contributed by atoms with Crippen LogP contribution in [0, 0.1) is 17.2 Å². The Kier molecular flexibility index (Phi) is 8.43. The number of azo groups is 1. The van der Waals surface area contributed by atoms with E-state index < -0.39 is 38.6 Å². The molecule has 198 valence electrons. The van der Waals surface area contributed by atoms with Crippen molar-refractivity contribution in [1.82, 2.24) is 16.0 Å². The monoisotopic (exact) mass is 552 g/mol. The lowest BCUT2D eigenvalue weighted by atomic mass is 10.0. The summed E-state index contributed by atoms with van der Waals surface area (Å²) in [7, 11) is -0.874. The number of rotatable bonds is 9. The van der Waals surface area contributed by atoms with Gasteiger partial charge >= 0.3 is 0 Å². The standard InChI is InChI=1S/C25H28N8O3S2/c1-15(2)14-17(22(35)29-13-10-26)30-23(36)19-7-6-16-24(38(19)25(31-16)8-11-28-12-9-25)33-32-20-5-3-4-18(37-20)21(27)34/h3-8,11-12,15,17,20,31H,9,13-14H2,1-2H3,(H2,27,34)(H,29,35)(H,30,36)/t17-,20?,25?,38?/m0/s1. The molecule has 13 heteroatoms. The molecule has 11 nitrogen and oxygen atoms in total. The fourth-order valence-electron chi connectivity index (χ4n) is 4.18. The van der Waals surface area contributed by atoms with E-state index >= 15 is 0 Å². The zero-order valence-corrected chi connectivity index (χ0v) is 22.5. The van der Waals surface area contributed by atoms with Gasteiger partial charge in [0.15, 0.2) is 0 Å². The van der Waals surface area contributed by atoms with E-state index in [1.807, 2.05) is 26.0 Å². The second-order valence-corrected chi connectivity index (χ2v) is 12.4. The maximum absolute atomic E-state index is 13.7. The Morgan fingerprint density at radius 2 is 2.21 bits per heavy atom. The summed E-state index contributed by atoms with van der Waals surface area (Å²) in [5, 5.41) is 26.9. The lowest BCUT2D eigenvalue weighted by Crippen LogP contribution is -2.49. The molecule has 4 atom stereocenters. The van der Waals surface area contributed by atoms with Crippen molar-refractivity contribution in [1.29, 1.82) is 5.26 Å². The number of hydrogen-bond donors (Lipinski definition) is 4. The fourth-order valence-corrected chi connectivity index (χ4v) is 7.49. The zero-order valence-electron chi connectivity index (χ0n) is 20.9. The number of amides is 3. The first-order valence-corrected chi connectivity index (χ1v) is 14.1. The predicted octanol–water partition coefficient (Wildman–Crippen LogP) is 2.08. The van der Waals surface area contributed by atoms with Gasteiger partial charge in [-0.1, -0.05) is 42.2 Å². The molecule has 0 aromatic carbocycles. The molecule has 0 fully saturated rings. The first-order valence-electron chi connectivity index (χ1n) is 12.0. The third-order valence-electron chi connectivity index (χ3n) is 5.86. The van der Waals surface area contributed by atoms with Crippen LogP contribution in [0.1, 0.15) is 26.7 Å². The van der Waals surface area contributed by atoms with Crippen LogP contribution in [0.25, 0.3) is 0 Å². The van der Waals surface area contributed by atoms with Gasteiger partial charge in [-0.3, -0.25) is 19.4 Å². The van der Waals surface area contributed by atoms with Crippen LogP contribution in [0.4, 0.5) is 0 Å². The first-order chi connectivity index (χ1) is 18.2. The Morgan fingerprint density at radius 3 is 2.89 bits per heavy atom. The summed E-state index contributed by atoms with van der Waals surface area (Å²) in [5.74, 6) is -1.19. The van der Waals surface area contributed by atoms with Crippen LogP contribution in [-0.2, 0) is 14.4 Å². The Hall–Kier alpha value is -3.76. The Balaban J connectivity index is 1.66. The molecule has 5 N–H and O–H groups in total. The van der Waals surface area contributed by atoms with E-state index in [2.05, 4.69) is 31.2 Å². The second kappa shape index (κ2) is 11.7. The molecule has 0 saturated heterocycles. The second-order valence-electron chi connectivity index (χ2n) is 9.12. The van der Waals surface area contributed by atoms with E-state index in [1.54, 1.807) is 42.8 Å². The number of carbonyl (C=O) groups is 3. The molecule has 3 amide bonds. The van der Waals surface area contributed by atoms with Crippen LogP contribution < -0.4 is 21.7 Å². The van der Waals surface area contributed by atoms with E-state index in [4.69, 9.17) is 11.0 Å². The smallest absolute Gasteiger partial charge is 0.258 e. The van der Waals surface area contributed by atoms with Gasteiger partial charge in [0.25, 0.3) is 11.8 Å². The van der Waals surface area contributed by atoms with Gasteiger partial charge in [0.1, 0.15) is 27.9 Å². The fraction of sp³-hybridized carbons (Fsp3) is 0.360. The number of fused-ring (bicyclic) bond motifs is 2. The van der Waals surface area contributed by atoms with Crippen LogP contribution in [0.2, 0.25) is 0 Å². The number of nitrogens with two attached hydrogens (primary N) is 1. The topological polar surface area (TPSA) is 174 Å². The largest absolute Gasteiger partial charge is 0.365 e. The van der Waals surface area contributed by atoms with E-state index in [9.17, 15) is 14.4 Å². The third-order valence-corrected chi connectivity index (χ3v) is 9.52. The van der Waals surface area contributed by atoms with Crippen LogP contribution in [0.15, 0.2) is 73.5 Å². The van der Waals surface area contributed by atoms with Gasteiger partial charge in [-0.2, -0.15) is 10.4 Å². The molecule has 3 unspecified atom stereocenters. The summed E-state index contributed by atoms with van der Waals surface area (Å²) in [6, 6.07) is 1.09. The molecule has 0 saturated carbocycles. The van der Waals surface area contributed by atoms with Crippen LogP contribution in [0.3, 0.4) is 0 Å². The molecule has 0 aromatic rings. The van der Waals surface area contributed by atoms with E-state index in [1.165, 1.54) is 11.8 Å². The van der Waals surface area contributed by atoms with Gasteiger partial charge in [0.2, 0.25) is 5.91 Å². The van der Waals surface area contributed by atoms with Crippen molar-refractivity contribution in [3.05, 3.63) is 58.3 Å². The van der Waals surface area contributed by atoms with Gasteiger partial charge < -0.3 is 21.7 Å². The zero-order chi connectivity index (χ0) is 27.3. The van der Waals surface area contributed by atoms with Crippen molar-refractivity contribution in [2.75, 3.05) is 6.54 Å². The first kappa shape index (κ1) is 27.3. The minimum Gasteiger partial charge on any atom is -0.365 e. The summed E-state index contributed by atoms with van der Waals surface area (Å²) in [6.45, 7) is 3.77. The van der Waals surface area contributed by atoms with Gasteiger partial charge in [0.05, 0.1) is 21.5 Å². The highest BCUT2D eigenvalue weighted by Gasteiger charge is 2.45. The van der Waals surface area contributed by atoms with Crippen molar-refractivity contribution in [3.8, 4) is 6.07 Å². The van der Waals surface area contributed by atoms with Crippen LogP contribution in [-0.4, -0.2) is 51.6 Å². The summed E-state index contributed by atoms with van der Waals surface area (Å²) < 4.78 is 0. The summed E-state index contributed by atoms with van der Waals surface area (Å²) in [6.07, 6.45) is 15.0. The molecule has 4 aliphatic heterocycles. The quantitative estimate of drug-likeness (QED) is 0.193. The third kappa shape index (κ3) is 5.87. The van der Waals surface area contributed by atoms with E-state index in [0.717, 1.165) is 5.70 Å². The molecule has 1 spiro atoms. The van der Waals surface area contributed by atoms with Crippen molar-refractivity contribution < 1.29 is 14.4 Å². The SMILES string of the molecule is CC(C)C[C@H](NC(=O)C1=S2C(N=NC3C=CC=C(C(N)=O)S3)=C(C=C1)NC21C=CN=CC1)C(=O)NCC#N. The Morgan fingerprint density at radius 1 is 1.39 bits per heavy atom. The molecule has 2 bridgehead atoms. The average Bonchev–Trinajstić information content (AvgIpc) is 3.08. The van der Waals surface area contributed by atoms with Crippen molar-refractivity contribution in [3.63, 3.8) is 0 Å². The van der Waals surface area contributed by atoms with Crippen LogP contribution >= 0.6 is 22.2 Å². The number of nitriles is 1. The number of primary amides is 1. The molecule has 4 rings (SSSR count). The number of carbonyl (C=O) groups excluding carboxylic acids is 3. The average molecular weight is 553 g/mol. The van der Waals surface area contributed by atoms with E-state index in [-0.39, 0.29) is 18.4 Å². The van der Waals surface area contributed by atoms with Crippen LogP contribution in [0.5, 0.6) is 0 Å². The minimum absolute atomic E-state index is 0.135. The number of nitrogens with one attached hydrogen (secondary N) is 3. The Labute approximate surface area is 227 Å². The molecular weight excluding hydrogens is 524 g/mol.